The summed E-state index contributed by atoms with van der Waals surface area (Å²) in [6, 6.07) is 2.10. The van der Waals surface area contributed by atoms with Crippen molar-refractivity contribution in [1.82, 2.24) is 0 Å². The Morgan fingerprint density at radius 2 is 2.20 bits per heavy atom. The molecule has 0 aromatic heterocycles. The minimum Gasteiger partial charge on any atom is -0.384 e. The van der Waals surface area contributed by atoms with E-state index in [4.69, 9.17) is 11.0 Å². The van der Waals surface area contributed by atoms with E-state index in [1.54, 1.807) is 0 Å². The van der Waals surface area contributed by atoms with E-state index in [1.807, 2.05) is 6.92 Å². The summed E-state index contributed by atoms with van der Waals surface area (Å²) in [5.74, 6) is 0.518. The van der Waals surface area contributed by atoms with Gasteiger partial charge in [0.2, 0.25) is 0 Å². The molecule has 0 aliphatic carbocycles. The third kappa shape index (κ3) is 5.95. The zero-order chi connectivity index (χ0) is 11.7. The second kappa shape index (κ2) is 8.10. The summed E-state index contributed by atoms with van der Waals surface area (Å²) < 4.78 is 0. The molecule has 0 bridgehead atoms. The minimum atomic E-state index is 0.518. The van der Waals surface area contributed by atoms with Crippen molar-refractivity contribution >= 4 is 13.0 Å². The van der Waals surface area contributed by atoms with Crippen LogP contribution in [0.3, 0.4) is 0 Å². The van der Waals surface area contributed by atoms with Crippen molar-refractivity contribution in [1.29, 1.82) is 5.26 Å². The number of aliphatic imine (C=N–C) groups is 1. The molecule has 0 fully saturated rings. The lowest BCUT2D eigenvalue weighted by atomic mass is 9.75. The molecule has 3 nitrogen and oxygen atoms in total. The highest BCUT2D eigenvalue weighted by Gasteiger charge is 2.00. The first-order chi connectivity index (χ1) is 7.15. The highest BCUT2D eigenvalue weighted by molar-refractivity contribution is 6.34. The number of hydrogen-bond donors (Lipinski definition) is 1. The molecule has 0 aromatic rings. The topological polar surface area (TPSA) is 62.2 Å². The predicted molar refractivity (Wildman–Crippen MR) is 67.3 cm³/mol. The molecular formula is C11H20BN3. The van der Waals surface area contributed by atoms with Gasteiger partial charge in [0.1, 0.15) is 24.9 Å². The molecule has 4 heteroatoms. The minimum absolute atomic E-state index is 0.518. The summed E-state index contributed by atoms with van der Waals surface area (Å²) in [6.07, 6.45) is 3.74. The van der Waals surface area contributed by atoms with Gasteiger partial charge in [0, 0.05) is 6.42 Å². The zero-order valence-electron chi connectivity index (χ0n) is 10.0. The van der Waals surface area contributed by atoms with Crippen LogP contribution in [0.5, 0.6) is 0 Å². The molecule has 0 aliphatic rings. The number of rotatable bonds is 6. The van der Waals surface area contributed by atoms with E-state index >= 15 is 0 Å². The Morgan fingerprint density at radius 1 is 1.53 bits per heavy atom. The number of nitriles is 1. The highest BCUT2D eigenvalue weighted by atomic mass is 14.9. The van der Waals surface area contributed by atoms with Crippen molar-refractivity contribution < 1.29 is 0 Å². The van der Waals surface area contributed by atoms with Gasteiger partial charge >= 0.3 is 0 Å². The van der Waals surface area contributed by atoms with E-state index in [0.717, 1.165) is 38.4 Å². The first-order valence-electron chi connectivity index (χ1n) is 5.58. The van der Waals surface area contributed by atoms with Crippen LogP contribution < -0.4 is 5.73 Å². The summed E-state index contributed by atoms with van der Waals surface area (Å²) in [5.41, 5.74) is 7.41. The average Bonchev–Trinajstić information content (AvgIpc) is 2.24. The summed E-state index contributed by atoms with van der Waals surface area (Å²) in [6.45, 7) is 6.16. The van der Waals surface area contributed by atoms with E-state index < -0.39 is 0 Å². The van der Waals surface area contributed by atoms with Crippen molar-refractivity contribution in [2.75, 3.05) is 0 Å². The van der Waals surface area contributed by atoms with E-state index in [0.29, 0.717) is 11.5 Å². The third-order valence-electron chi connectivity index (χ3n) is 2.21. The quantitative estimate of drug-likeness (QED) is 0.533. The molecule has 0 saturated heterocycles. The fraction of sp³-hybridized carbons (Fsp3) is 0.636. The Morgan fingerprint density at radius 3 is 2.67 bits per heavy atom. The maximum absolute atomic E-state index is 8.85. The first-order valence-corrected chi connectivity index (χ1v) is 5.58. The molecule has 82 valence electrons. The lowest BCUT2D eigenvalue weighted by molar-refractivity contribution is 0.835. The van der Waals surface area contributed by atoms with Crippen molar-refractivity contribution in [3.8, 4) is 6.07 Å². The van der Waals surface area contributed by atoms with Crippen LogP contribution in [0.1, 0.15) is 33.1 Å². The molecule has 0 atom stereocenters. The number of nitrogens with zero attached hydrogens (tertiary/aromatic N) is 2. The molecule has 0 aliphatic heterocycles. The summed E-state index contributed by atoms with van der Waals surface area (Å²) >= 11 is 0. The fourth-order valence-corrected chi connectivity index (χ4v) is 1.22. The van der Waals surface area contributed by atoms with Crippen LogP contribution in [0.25, 0.3) is 0 Å². The molecule has 0 unspecified atom stereocenters. The van der Waals surface area contributed by atoms with Crippen LogP contribution in [-0.4, -0.2) is 13.0 Å². The van der Waals surface area contributed by atoms with Gasteiger partial charge in [-0.2, -0.15) is 5.26 Å². The van der Waals surface area contributed by atoms with Crippen molar-refractivity contribution in [2.24, 2.45) is 10.7 Å². The molecule has 15 heavy (non-hydrogen) atoms. The average molecular weight is 205 g/mol. The maximum atomic E-state index is 8.85. The van der Waals surface area contributed by atoms with Crippen LogP contribution in [-0.2, 0) is 0 Å². The number of allylic oxidation sites excluding steroid dienone is 1. The van der Waals surface area contributed by atoms with Crippen molar-refractivity contribution in [3.63, 3.8) is 0 Å². The molecule has 0 saturated carbocycles. The molecule has 0 spiro atoms. The van der Waals surface area contributed by atoms with Gasteiger partial charge in [-0.1, -0.05) is 26.5 Å². The Kier molecular flexibility index (Phi) is 7.44. The Hall–Kier alpha value is -1.24. The smallest absolute Gasteiger partial charge is 0.122 e. The van der Waals surface area contributed by atoms with Gasteiger partial charge in [-0.05, 0) is 18.9 Å². The Balaban J connectivity index is 4.54. The molecule has 2 N–H and O–H groups in total. The SMILES string of the molecule is CBC/C(C)=C(N)/N=C(/C#N)CCCC. The molecule has 0 rings (SSSR count). The summed E-state index contributed by atoms with van der Waals surface area (Å²) in [7, 11) is 1.05. The number of hydrogen-bond acceptors (Lipinski definition) is 3. The number of nitrogens with two attached hydrogens (primary N) is 1. The lowest BCUT2D eigenvalue weighted by Crippen LogP contribution is -2.04. The largest absolute Gasteiger partial charge is 0.384 e. The van der Waals surface area contributed by atoms with Gasteiger partial charge in [0.25, 0.3) is 0 Å². The van der Waals surface area contributed by atoms with Gasteiger partial charge in [-0.15, -0.1) is 0 Å². The van der Waals surface area contributed by atoms with Crippen molar-refractivity contribution in [2.45, 2.75) is 46.3 Å². The first kappa shape index (κ1) is 13.8. The predicted octanol–water partition coefficient (Wildman–Crippen LogP) is 2.23. The van der Waals surface area contributed by atoms with Crippen LogP contribution in [0.4, 0.5) is 0 Å². The Bertz CT molecular complexity index is 287. The molecule has 0 heterocycles. The fourth-order valence-electron chi connectivity index (χ4n) is 1.22. The second-order valence-corrected chi connectivity index (χ2v) is 3.69. The summed E-state index contributed by atoms with van der Waals surface area (Å²) in [4.78, 5) is 4.16. The highest BCUT2D eigenvalue weighted by Crippen LogP contribution is 2.07. The van der Waals surface area contributed by atoms with Crippen LogP contribution in [0.15, 0.2) is 16.4 Å². The zero-order valence-corrected chi connectivity index (χ0v) is 10.0. The van der Waals surface area contributed by atoms with Gasteiger partial charge in [0.15, 0.2) is 0 Å². The monoisotopic (exact) mass is 205 g/mol. The molecule has 0 aromatic carbocycles. The van der Waals surface area contributed by atoms with E-state index in [-0.39, 0.29) is 0 Å². The van der Waals surface area contributed by atoms with Gasteiger partial charge in [0.05, 0.1) is 0 Å². The lowest BCUT2D eigenvalue weighted by Gasteiger charge is -2.02. The van der Waals surface area contributed by atoms with E-state index in [1.165, 1.54) is 0 Å². The van der Waals surface area contributed by atoms with Gasteiger partial charge in [-0.3, -0.25) is 0 Å². The van der Waals surface area contributed by atoms with Gasteiger partial charge < -0.3 is 5.73 Å². The normalized spacial score (nSPS) is 13.1. The van der Waals surface area contributed by atoms with Crippen LogP contribution in [0.2, 0.25) is 13.1 Å². The van der Waals surface area contributed by atoms with E-state index in [9.17, 15) is 0 Å². The van der Waals surface area contributed by atoms with E-state index in [2.05, 4.69) is 24.8 Å². The van der Waals surface area contributed by atoms with Crippen LogP contribution in [0, 0.1) is 11.3 Å². The molecular weight excluding hydrogens is 185 g/mol. The van der Waals surface area contributed by atoms with Gasteiger partial charge in [-0.25, -0.2) is 4.99 Å². The molecule has 0 radical (unpaired) electrons. The van der Waals surface area contributed by atoms with Crippen molar-refractivity contribution in [3.05, 3.63) is 11.4 Å². The summed E-state index contributed by atoms with van der Waals surface area (Å²) in [5, 5.41) is 8.85. The van der Waals surface area contributed by atoms with Crippen LogP contribution >= 0.6 is 0 Å². The maximum Gasteiger partial charge on any atom is 0.122 e. The molecule has 0 amide bonds. The number of unbranched alkanes of at least 4 members (excludes halogenated alkanes) is 1. The Labute approximate surface area is 93.3 Å². The second-order valence-electron chi connectivity index (χ2n) is 3.69. The third-order valence-corrected chi connectivity index (χ3v) is 2.21. The standard InChI is InChI=1S/C11H20BN3/c1-4-5-6-10(8-13)15-11(14)9(2)7-12-3/h12H,4-7,14H2,1-3H3/b11-9+,15-10+.